The van der Waals surface area contributed by atoms with Crippen LogP contribution in [-0.4, -0.2) is 5.84 Å². The van der Waals surface area contributed by atoms with Gasteiger partial charge in [0.2, 0.25) is 0 Å². The molecule has 0 bridgehead atoms. The maximum absolute atomic E-state index is 7.41. The van der Waals surface area contributed by atoms with Crippen LogP contribution in [0.3, 0.4) is 0 Å². The highest BCUT2D eigenvalue weighted by atomic mass is 79.9. The second-order valence-electron chi connectivity index (χ2n) is 3.95. The summed E-state index contributed by atoms with van der Waals surface area (Å²) in [5.41, 5.74) is 7.38. The molecular weight excluding hydrogens is 308 g/mol. The molecule has 0 radical (unpaired) electrons. The van der Waals surface area contributed by atoms with Crippen LogP contribution in [0, 0.1) is 12.3 Å². The van der Waals surface area contributed by atoms with Crippen LogP contribution >= 0.6 is 27.7 Å². The zero-order chi connectivity index (χ0) is 13.1. The number of rotatable bonds is 3. The summed E-state index contributed by atoms with van der Waals surface area (Å²) in [4.78, 5) is 2.37. The summed E-state index contributed by atoms with van der Waals surface area (Å²) in [6.07, 6.45) is 0. The van der Waals surface area contributed by atoms with Crippen molar-refractivity contribution in [3.05, 3.63) is 58.1 Å². The monoisotopic (exact) mass is 320 g/mol. The number of amidine groups is 1. The van der Waals surface area contributed by atoms with E-state index in [0.717, 1.165) is 15.6 Å². The van der Waals surface area contributed by atoms with Gasteiger partial charge in [0.05, 0.1) is 0 Å². The van der Waals surface area contributed by atoms with Crippen molar-refractivity contribution >= 4 is 33.5 Å². The largest absolute Gasteiger partial charge is 0.384 e. The van der Waals surface area contributed by atoms with Crippen molar-refractivity contribution in [1.29, 1.82) is 5.41 Å². The molecule has 2 aromatic rings. The van der Waals surface area contributed by atoms with Gasteiger partial charge in [-0.3, -0.25) is 5.41 Å². The van der Waals surface area contributed by atoms with Crippen LogP contribution in [0.4, 0.5) is 0 Å². The van der Waals surface area contributed by atoms with E-state index in [2.05, 4.69) is 28.1 Å². The summed E-state index contributed by atoms with van der Waals surface area (Å²) in [7, 11) is 0. The van der Waals surface area contributed by atoms with Crippen LogP contribution in [0.15, 0.2) is 56.7 Å². The second-order valence-corrected chi connectivity index (χ2v) is 5.98. The van der Waals surface area contributed by atoms with E-state index in [-0.39, 0.29) is 5.84 Å². The lowest BCUT2D eigenvalue weighted by Gasteiger charge is -2.07. The van der Waals surface area contributed by atoms with Gasteiger partial charge in [0, 0.05) is 19.8 Å². The van der Waals surface area contributed by atoms with Crippen molar-refractivity contribution in [3.63, 3.8) is 0 Å². The first-order chi connectivity index (χ1) is 8.56. The maximum atomic E-state index is 7.41. The molecule has 0 atom stereocenters. The first-order valence-corrected chi connectivity index (χ1v) is 7.05. The van der Waals surface area contributed by atoms with Crippen molar-refractivity contribution in [2.45, 2.75) is 16.7 Å². The predicted octanol–water partition coefficient (Wildman–Crippen LogP) is 4.19. The third kappa shape index (κ3) is 3.15. The molecule has 0 unspecified atom stereocenters. The summed E-state index contributed by atoms with van der Waals surface area (Å²) in [6, 6.07) is 14.1. The summed E-state index contributed by atoms with van der Waals surface area (Å²) < 4.78 is 1.08. The number of nitrogen functional groups attached to an aromatic ring is 1. The molecule has 0 aromatic heterocycles. The van der Waals surface area contributed by atoms with E-state index in [1.807, 2.05) is 37.3 Å². The Bertz CT molecular complexity index is 579. The molecule has 0 aliphatic heterocycles. The third-order valence-corrected chi connectivity index (χ3v) is 4.24. The Labute approximate surface area is 119 Å². The van der Waals surface area contributed by atoms with Crippen molar-refractivity contribution in [2.75, 3.05) is 0 Å². The minimum atomic E-state index is 0.110. The molecule has 0 amide bonds. The first-order valence-electron chi connectivity index (χ1n) is 5.45. The van der Waals surface area contributed by atoms with Gasteiger partial charge < -0.3 is 5.73 Å². The van der Waals surface area contributed by atoms with Gasteiger partial charge in [0.25, 0.3) is 0 Å². The SMILES string of the molecule is Cc1cc(C(=N)N)ccc1Sc1ccc(Br)cc1. The van der Waals surface area contributed by atoms with E-state index in [4.69, 9.17) is 11.1 Å². The highest BCUT2D eigenvalue weighted by molar-refractivity contribution is 9.10. The minimum absolute atomic E-state index is 0.110. The van der Waals surface area contributed by atoms with Crippen LogP contribution in [0.2, 0.25) is 0 Å². The number of hydrogen-bond donors (Lipinski definition) is 2. The summed E-state index contributed by atoms with van der Waals surface area (Å²) in [5.74, 6) is 0.110. The summed E-state index contributed by atoms with van der Waals surface area (Å²) >= 11 is 5.14. The Balaban J connectivity index is 2.24. The highest BCUT2D eigenvalue weighted by Crippen LogP contribution is 2.31. The molecule has 92 valence electrons. The molecule has 0 saturated heterocycles. The van der Waals surface area contributed by atoms with Crippen LogP contribution in [0.5, 0.6) is 0 Å². The topological polar surface area (TPSA) is 49.9 Å². The Morgan fingerprint density at radius 2 is 1.83 bits per heavy atom. The van der Waals surface area contributed by atoms with Crippen molar-refractivity contribution < 1.29 is 0 Å². The van der Waals surface area contributed by atoms with Crippen LogP contribution < -0.4 is 5.73 Å². The maximum Gasteiger partial charge on any atom is 0.122 e. The van der Waals surface area contributed by atoms with E-state index in [0.29, 0.717) is 0 Å². The highest BCUT2D eigenvalue weighted by Gasteiger charge is 2.04. The van der Waals surface area contributed by atoms with E-state index >= 15 is 0 Å². The number of nitrogens with two attached hydrogens (primary N) is 1. The molecule has 0 aliphatic rings. The third-order valence-electron chi connectivity index (χ3n) is 2.53. The lowest BCUT2D eigenvalue weighted by molar-refractivity contribution is 1.27. The molecule has 2 aromatic carbocycles. The van der Waals surface area contributed by atoms with Gasteiger partial charge in [-0.05, 0) is 48.9 Å². The molecule has 0 fully saturated rings. The van der Waals surface area contributed by atoms with Gasteiger partial charge in [-0.1, -0.05) is 33.8 Å². The lowest BCUT2D eigenvalue weighted by atomic mass is 10.1. The first kappa shape index (κ1) is 13.2. The zero-order valence-electron chi connectivity index (χ0n) is 9.91. The number of nitrogens with one attached hydrogen (secondary N) is 1. The fraction of sp³-hybridized carbons (Fsp3) is 0.0714. The Morgan fingerprint density at radius 3 is 2.39 bits per heavy atom. The Kier molecular flexibility index (Phi) is 4.09. The molecule has 0 saturated carbocycles. The fourth-order valence-corrected chi connectivity index (χ4v) is 2.71. The quantitative estimate of drug-likeness (QED) is 0.658. The van der Waals surface area contributed by atoms with Gasteiger partial charge in [-0.2, -0.15) is 0 Å². The van der Waals surface area contributed by atoms with E-state index in [1.54, 1.807) is 11.8 Å². The van der Waals surface area contributed by atoms with Crippen LogP contribution in [0.25, 0.3) is 0 Å². The summed E-state index contributed by atoms with van der Waals surface area (Å²) in [5, 5.41) is 7.41. The number of benzene rings is 2. The van der Waals surface area contributed by atoms with Gasteiger partial charge in [-0.15, -0.1) is 0 Å². The van der Waals surface area contributed by atoms with Gasteiger partial charge in [0.1, 0.15) is 5.84 Å². The molecule has 4 heteroatoms. The molecule has 2 nitrogen and oxygen atoms in total. The second kappa shape index (κ2) is 5.59. The minimum Gasteiger partial charge on any atom is -0.384 e. The lowest BCUT2D eigenvalue weighted by Crippen LogP contribution is -2.10. The molecule has 2 rings (SSSR count). The standard InChI is InChI=1S/C14H13BrN2S/c1-9-8-10(14(16)17)2-7-13(9)18-12-5-3-11(15)4-6-12/h2-8H,1H3,(H3,16,17). The van der Waals surface area contributed by atoms with Crippen molar-refractivity contribution in [2.24, 2.45) is 5.73 Å². The number of halogens is 1. The van der Waals surface area contributed by atoms with E-state index in [9.17, 15) is 0 Å². The predicted molar refractivity (Wildman–Crippen MR) is 80.5 cm³/mol. The van der Waals surface area contributed by atoms with Gasteiger partial charge in [0.15, 0.2) is 0 Å². The van der Waals surface area contributed by atoms with E-state index < -0.39 is 0 Å². The smallest absolute Gasteiger partial charge is 0.122 e. The average molecular weight is 321 g/mol. The Hall–Kier alpha value is -1.26. The fourth-order valence-electron chi connectivity index (χ4n) is 1.56. The Morgan fingerprint density at radius 1 is 1.17 bits per heavy atom. The molecule has 0 heterocycles. The molecule has 0 aliphatic carbocycles. The normalized spacial score (nSPS) is 10.3. The molecule has 0 spiro atoms. The van der Waals surface area contributed by atoms with Gasteiger partial charge in [-0.25, -0.2) is 0 Å². The summed E-state index contributed by atoms with van der Waals surface area (Å²) in [6.45, 7) is 2.04. The van der Waals surface area contributed by atoms with Gasteiger partial charge >= 0.3 is 0 Å². The van der Waals surface area contributed by atoms with Crippen molar-refractivity contribution in [3.8, 4) is 0 Å². The van der Waals surface area contributed by atoms with Crippen LogP contribution in [0.1, 0.15) is 11.1 Å². The van der Waals surface area contributed by atoms with Crippen LogP contribution in [-0.2, 0) is 0 Å². The number of aryl methyl sites for hydroxylation is 1. The average Bonchev–Trinajstić information content (AvgIpc) is 2.34. The van der Waals surface area contributed by atoms with Crippen molar-refractivity contribution in [1.82, 2.24) is 0 Å². The number of hydrogen-bond acceptors (Lipinski definition) is 2. The van der Waals surface area contributed by atoms with E-state index in [1.165, 1.54) is 9.79 Å². The molecule has 18 heavy (non-hydrogen) atoms. The molecular formula is C14H13BrN2S. The zero-order valence-corrected chi connectivity index (χ0v) is 12.3. The molecule has 3 N–H and O–H groups in total.